The van der Waals surface area contributed by atoms with E-state index in [4.69, 9.17) is 0 Å². The summed E-state index contributed by atoms with van der Waals surface area (Å²) < 4.78 is 0. The van der Waals surface area contributed by atoms with E-state index < -0.39 is 0 Å². The molecule has 2 rings (SSSR count). The summed E-state index contributed by atoms with van der Waals surface area (Å²) in [5.74, 6) is 2.63. The fourth-order valence-electron chi connectivity index (χ4n) is 4.01. The Morgan fingerprint density at radius 1 is 1.29 bits per heavy atom. The molecule has 1 heteroatoms. The average Bonchev–Trinajstić information content (AvgIpc) is 2.33. The zero-order chi connectivity index (χ0) is 12.6. The van der Waals surface area contributed by atoms with Crippen LogP contribution in [0.4, 0.5) is 0 Å². The molecule has 0 bridgehead atoms. The molecule has 0 unspecified atom stereocenters. The normalized spacial score (nSPS) is 39.7. The Morgan fingerprint density at radius 3 is 2.65 bits per heavy atom. The lowest BCUT2D eigenvalue weighted by molar-refractivity contribution is 0.00689. The van der Waals surface area contributed by atoms with Crippen molar-refractivity contribution >= 4 is 0 Å². The summed E-state index contributed by atoms with van der Waals surface area (Å²) >= 11 is 0. The molecular weight excluding hydrogens is 208 g/mol. The first-order valence-corrected chi connectivity index (χ1v) is 7.25. The summed E-state index contributed by atoms with van der Waals surface area (Å²) in [5, 5.41) is 9.31. The van der Waals surface area contributed by atoms with Crippen LogP contribution in [0.25, 0.3) is 0 Å². The largest absolute Gasteiger partial charge is 0.392 e. The van der Waals surface area contributed by atoms with Crippen LogP contribution in [0.5, 0.6) is 0 Å². The van der Waals surface area contributed by atoms with Gasteiger partial charge in [0.15, 0.2) is 0 Å². The first-order valence-electron chi connectivity index (χ1n) is 7.25. The van der Waals surface area contributed by atoms with E-state index in [1.165, 1.54) is 37.7 Å². The highest BCUT2D eigenvalue weighted by Gasteiger charge is 2.44. The van der Waals surface area contributed by atoms with Crippen LogP contribution < -0.4 is 0 Å². The minimum Gasteiger partial charge on any atom is -0.392 e. The Bertz CT molecular complexity index is 313. The summed E-state index contributed by atoms with van der Waals surface area (Å²) in [4.78, 5) is 0. The molecule has 0 spiro atoms. The van der Waals surface area contributed by atoms with Gasteiger partial charge in [0.25, 0.3) is 0 Å². The molecule has 2 aliphatic carbocycles. The molecule has 0 aromatic rings. The van der Waals surface area contributed by atoms with Crippen molar-refractivity contribution in [1.82, 2.24) is 0 Å². The molecule has 3 atom stereocenters. The van der Waals surface area contributed by atoms with Gasteiger partial charge in [-0.2, -0.15) is 0 Å². The Balaban J connectivity index is 2.20. The van der Waals surface area contributed by atoms with Crippen LogP contribution in [0, 0.1) is 23.2 Å². The van der Waals surface area contributed by atoms with Gasteiger partial charge in [0, 0.05) is 0 Å². The van der Waals surface area contributed by atoms with Gasteiger partial charge >= 0.3 is 0 Å². The highest BCUT2D eigenvalue weighted by atomic mass is 16.3. The smallest absolute Gasteiger partial charge is 0.0641 e. The van der Waals surface area contributed by atoms with Crippen LogP contribution in [-0.4, -0.2) is 11.7 Å². The van der Waals surface area contributed by atoms with Gasteiger partial charge in [-0.05, 0) is 67.8 Å². The van der Waals surface area contributed by atoms with Crippen molar-refractivity contribution in [3.63, 3.8) is 0 Å². The van der Waals surface area contributed by atoms with E-state index in [1.54, 1.807) is 5.57 Å². The Kier molecular flexibility index (Phi) is 3.68. The molecule has 0 amide bonds. The highest BCUT2D eigenvalue weighted by Crippen LogP contribution is 2.54. The fraction of sp³-hybridized carbons (Fsp3) is 0.875. The summed E-state index contributed by atoms with van der Waals surface area (Å²) in [6.07, 6.45) is 6.67. The van der Waals surface area contributed by atoms with E-state index >= 15 is 0 Å². The van der Waals surface area contributed by atoms with E-state index in [1.807, 2.05) is 0 Å². The van der Waals surface area contributed by atoms with Crippen LogP contribution in [0.1, 0.15) is 59.8 Å². The van der Waals surface area contributed by atoms with Gasteiger partial charge in [-0.1, -0.05) is 26.3 Å². The molecule has 0 aromatic carbocycles. The van der Waals surface area contributed by atoms with Gasteiger partial charge in [-0.3, -0.25) is 0 Å². The lowest BCUT2D eigenvalue weighted by atomic mass is 9.54. The molecule has 0 aliphatic heterocycles. The molecule has 0 heterocycles. The second-order valence-electron chi connectivity index (χ2n) is 6.95. The predicted molar refractivity (Wildman–Crippen MR) is 72.8 cm³/mol. The van der Waals surface area contributed by atoms with Crippen LogP contribution in [-0.2, 0) is 0 Å². The Hall–Kier alpha value is -0.300. The topological polar surface area (TPSA) is 20.2 Å². The van der Waals surface area contributed by atoms with Gasteiger partial charge in [-0.15, -0.1) is 0 Å². The molecule has 98 valence electrons. The van der Waals surface area contributed by atoms with E-state index in [2.05, 4.69) is 27.7 Å². The molecule has 2 aliphatic rings. The molecule has 2 saturated carbocycles. The summed E-state index contributed by atoms with van der Waals surface area (Å²) in [6.45, 7) is 9.71. The van der Waals surface area contributed by atoms with Crippen molar-refractivity contribution in [2.75, 3.05) is 6.61 Å². The molecule has 1 nitrogen and oxygen atoms in total. The van der Waals surface area contributed by atoms with E-state index in [0.717, 1.165) is 17.8 Å². The second kappa shape index (κ2) is 4.76. The third kappa shape index (κ3) is 2.31. The molecule has 1 N–H and O–H groups in total. The quantitative estimate of drug-likeness (QED) is 0.678. The third-order valence-corrected chi connectivity index (χ3v) is 5.89. The van der Waals surface area contributed by atoms with Crippen molar-refractivity contribution in [2.45, 2.75) is 59.8 Å². The van der Waals surface area contributed by atoms with Gasteiger partial charge < -0.3 is 5.11 Å². The first-order chi connectivity index (χ1) is 7.96. The highest BCUT2D eigenvalue weighted by molar-refractivity contribution is 5.17. The number of aliphatic hydroxyl groups excluding tert-OH is 1. The number of hydrogen-bond donors (Lipinski definition) is 1. The van der Waals surface area contributed by atoms with E-state index in [9.17, 15) is 5.11 Å². The second-order valence-corrected chi connectivity index (χ2v) is 6.95. The van der Waals surface area contributed by atoms with Crippen LogP contribution >= 0.6 is 0 Å². The predicted octanol–water partition coefficient (Wildman–Crippen LogP) is 4.17. The van der Waals surface area contributed by atoms with Crippen LogP contribution in [0.2, 0.25) is 0 Å². The molecule has 0 aromatic heterocycles. The molecule has 17 heavy (non-hydrogen) atoms. The maximum Gasteiger partial charge on any atom is 0.0641 e. The lowest BCUT2D eigenvalue weighted by Crippen LogP contribution is -2.42. The molecule has 0 saturated heterocycles. The zero-order valence-corrected chi connectivity index (χ0v) is 11.9. The third-order valence-electron chi connectivity index (χ3n) is 5.89. The van der Waals surface area contributed by atoms with Crippen molar-refractivity contribution in [1.29, 1.82) is 0 Å². The van der Waals surface area contributed by atoms with Gasteiger partial charge in [-0.25, -0.2) is 0 Å². The summed E-state index contributed by atoms with van der Waals surface area (Å²) in [6, 6.07) is 0. The van der Waals surface area contributed by atoms with Gasteiger partial charge in [0.2, 0.25) is 0 Å². The fourth-order valence-corrected chi connectivity index (χ4v) is 4.01. The number of fused-ring (bicyclic) bond motifs is 1. The lowest BCUT2D eigenvalue weighted by Gasteiger charge is -2.51. The summed E-state index contributed by atoms with van der Waals surface area (Å²) in [5.41, 5.74) is 3.26. The minimum atomic E-state index is 0.253. The Morgan fingerprint density at radius 2 is 2.00 bits per heavy atom. The van der Waals surface area contributed by atoms with Gasteiger partial charge in [0.05, 0.1) is 6.61 Å². The monoisotopic (exact) mass is 236 g/mol. The molecule has 0 radical (unpaired) electrons. The maximum atomic E-state index is 9.31. The van der Waals surface area contributed by atoms with Crippen molar-refractivity contribution in [2.24, 2.45) is 23.2 Å². The van der Waals surface area contributed by atoms with Crippen LogP contribution in [0.15, 0.2) is 11.1 Å². The number of rotatable bonds is 1. The average molecular weight is 236 g/mol. The number of allylic oxidation sites excluding steroid dienone is 1. The Labute approximate surface area is 106 Å². The van der Waals surface area contributed by atoms with E-state index in [0.29, 0.717) is 5.41 Å². The first kappa shape index (κ1) is 13.1. The van der Waals surface area contributed by atoms with E-state index in [-0.39, 0.29) is 6.61 Å². The van der Waals surface area contributed by atoms with Crippen molar-refractivity contribution < 1.29 is 5.11 Å². The SMILES string of the molecule is C/C(CO)=C1/CC[C@@H]2CC[C@@H](C)C(C)(C)[C@H]2C1. The summed E-state index contributed by atoms with van der Waals surface area (Å²) in [7, 11) is 0. The van der Waals surface area contributed by atoms with Crippen molar-refractivity contribution in [3.8, 4) is 0 Å². The van der Waals surface area contributed by atoms with Gasteiger partial charge in [0.1, 0.15) is 0 Å². The van der Waals surface area contributed by atoms with Crippen LogP contribution in [0.3, 0.4) is 0 Å². The number of aliphatic hydroxyl groups is 1. The maximum absolute atomic E-state index is 9.31. The molecular formula is C16H28O. The standard InChI is InChI=1S/C16H28O/c1-11(10-17)14-8-7-13-6-5-12(2)16(3,4)15(13)9-14/h12-13,15,17H,5-10H2,1-4H3/b14-11+/t12-,13+,15+/m1/s1. The molecule has 2 fully saturated rings. The number of hydrogen-bond acceptors (Lipinski definition) is 1. The zero-order valence-electron chi connectivity index (χ0n) is 11.9. The van der Waals surface area contributed by atoms with Crippen molar-refractivity contribution in [3.05, 3.63) is 11.1 Å². The minimum absolute atomic E-state index is 0.253.